The lowest BCUT2D eigenvalue weighted by molar-refractivity contribution is -0.130. The first-order chi connectivity index (χ1) is 18.3. The van der Waals surface area contributed by atoms with Crippen LogP contribution in [0.3, 0.4) is 0 Å². The Morgan fingerprint density at radius 2 is 1.89 bits per heavy atom. The maximum atomic E-state index is 13.7. The lowest BCUT2D eigenvalue weighted by Gasteiger charge is -2.37. The molecule has 0 radical (unpaired) electrons. The maximum Gasteiger partial charge on any atom is 0.259 e. The van der Waals surface area contributed by atoms with Crippen LogP contribution in [-0.4, -0.2) is 77.7 Å². The molecule has 2 heterocycles. The minimum Gasteiger partial charge on any atom is -0.497 e. The van der Waals surface area contributed by atoms with Crippen LogP contribution in [0.1, 0.15) is 29.8 Å². The first-order valence-corrected chi connectivity index (χ1v) is 12.8. The number of likely N-dealkylation sites (N-methyl/N-ethyl adjacent to an activating group) is 1. The van der Waals surface area contributed by atoms with Crippen LogP contribution in [-0.2, 0) is 11.2 Å². The second-order valence-electron chi connectivity index (χ2n) is 9.86. The molecule has 3 atom stereocenters. The molecule has 8 heteroatoms. The topological polar surface area (TPSA) is 92.2 Å². The van der Waals surface area contributed by atoms with Crippen molar-refractivity contribution in [1.82, 2.24) is 14.8 Å². The molecule has 4 rings (SSSR count). The van der Waals surface area contributed by atoms with Gasteiger partial charge in [0.15, 0.2) is 0 Å². The van der Waals surface area contributed by atoms with Crippen molar-refractivity contribution in [1.29, 1.82) is 0 Å². The van der Waals surface area contributed by atoms with Gasteiger partial charge in [-0.05, 0) is 36.2 Å². The van der Waals surface area contributed by atoms with Crippen molar-refractivity contribution in [2.75, 3.05) is 33.9 Å². The molecule has 200 valence electrons. The molecule has 1 aliphatic rings. The van der Waals surface area contributed by atoms with E-state index in [9.17, 15) is 14.7 Å². The van der Waals surface area contributed by atoms with Crippen LogP contribution in [0, 0.1) is 5.92 Å². The summed E-state index contributed by atoms with van der Waals surface area (Å²) in [4.78, 5) is 34.5. The highest BCUT2D eigenvalue weighted by atomic mass is 16.5. The fraction of sp³-hybridized carbons (Fsp3) is 0.367. The van der Waals surface area contributed by atoms with Crippen LogP contribution in [0.5, 0.6) is 11.6 Å². The third kappa shape index (κ3) is 6.14. The summed E-state index contributed by atoms with van der Waals surface area (Å²) < 4.78 is 11.6. The Hall–Kier alpha value is -3.91. The molecule has 0 saturated carbocycles. The van der Waals surface area contributed by atoms with Crippen LogP contribution >= 0.6 is 0 Å². The van der Waals surface area contributed by atoms with E-state index in [2.05, 4.69) is 4.98 Å². The van der Waals surface area contributed by atoms with E-state index in [-0.39, 0.29) is 30.2 Å². The first kappa shape index (κ1) is 27.1. The highest BCUT2D eigenvalue weighted by Crippen LogP contribution is 2.31. The van der Waals surface area contributed by atoms with Gasteiger partial charge in [0, 0.05) is 31.3 Å². The Labute approximate surface area is 223 Å². The van der Waals surface area contributed by atoms with Gasteiger partial charge < -0.3 is 24.4 Å². The number of hydrogen-bond acceptors (Lipinski definition) is 6. The van der Waals surface area contributed by atoms with Crippen LogP contribution < -0.4 is 9.47 Å². The molecule has 1 N–H and O–H groups in total. The molecule has 2 amide bonds. The standard InChI is InChI=1S/C30H35N3O5/c1-20-17-33(21(2)19-34)30(36)26-15-24(23-10-12-25(37-4)13-11-23)16-31-29(26)38-27(20)18-32(3)28(35)14-22-8-6-5-7-9-22/h5-13,15-16,20-21,27,34H,14,17-19H2,1-4H3/t20-,21+,27-/m1/s1. The molecule has 8 nitrogen and oxygen atoms in total. The number of ether oxygens (including phenoxy) is 2. The number of pyridine rings is 1. The third-order valence-electron chi connectivity index (χ3n) is 7.02. The van der Waals surface area contributed by atoms with Crippen molar-refractivity contribution in [3.63, 3.8) is 0 Å². The van der Waals surface area contributed by atoms with E-state index in [1.54, 1.807) is 36.2 Å². The van der Waals surface area contributed by atoms with E-state index in [1.807, 2.05) is 68.4 Å². The number of amides is 2. The van der Waals surface area contributed by atoms with Gasteiger partial charge >= 0.3 is 0 Å². The number of aliphatic hydroxyl groups excluding tert-OH is 1. The van der Waals surface area contributed by atoms with Crippen LogP contribution in [0.4, 0.5) is 0 Å². The van der Waals surface area contributed by atoms with E-state index in [1.165, 1.54) is 0 Å². The Bertz CT molecular complexity index is 1250. The molecule has 0 spiro atoms. The van der Waals surface area contributed by atoms with E-state index >= 15 is 0 Å². The van der Waals surface area contributed by atoms with Crippen molar-refractivity contribution >= 4 is 11.8 Å². The molecule has 2 aromatic carbocycles. The zero-order valence-corrected chi connectivity index (χ0v) is 22.3. The zero-order chi connectivity index (χ0) is 27.2. The Kier molecular flexibility index (Phi) is 8.63. The number of carbonyl (C=O) groups excluding carboxylic acids is 2. The normalized spacial score (nSPS) is 18.0. The second-order valence-corrected chi connectivity index (χ2v) is 9.86. The molecule has 1 aliphatic heterocycles. The molecular formula is C30H35N3O5. The van der Waals surface area contributed by atoms with E-state index in [0.717, 1.165) is 22.4 Å². The SMILES string of the molecule is COc1ccc(-c2cnc3c(c2)C(=O)N([C@@H](C)CO)C[C@@H](C)[C@@H](CN(C)C(=O)Cc2ccccc2)O3)cc1. The molecule has 0 saturated heterocycles. The quantitative estimate of drug-likeness (QED) is 0.490. The van der Waals surface area contributed by atoms with Gasteiger partial charge in [0.1, 0.15) is 17.4 Å². The minimum absolute atomic E-state index is 0.0197. The van der Waals surface area contributed by atoms with Crippen molar-refractivity contribution < 1.29 is 24.2 Å². The predicted octanol–water partition coefficient (Wildman–Crippen LogP) is 3.68. The number of methoxy groups -OCH3 is 1. The second kappa shape index (κ2) is 12.1. The molecular weight excluding hydrogens is 482 g/mol. The summed E-state index contributed by atoms with van der Waals surface area (Å²) in [6, 6.07) is 18.5. The minimum atomic E-state index is -0.403. The molecule has 0 fully saturated rings. The molecule has 0 aliphatic carbocycles. The fourth-order valence-electron chi connectivity index (χ4n) is 4.54. The molecule has 0 unspecified atom stereocenters. The van der Waals surface area contributed by atoms with Crippen molar-refractivity contribution in [3.8, 4) is 22.8 Å². The highest BCUT2D eigenvalue weighted by Gasteiger charge is 2.34. The number of rotatable bonds is 8. The Morgan fingerprint density at radius 3 is 2.55 bits per heavy atom. The lowest BCUT2D eigenvalue weighted by atomic mass is 9.99. The molecule has 1 aromatic heterocycles. The van der Waals surface area contributed by atoms with Crippen LogP contribution in [0.15, 0.2) is 66.9 Å². The lowest BCUT2D eigenvalue weighted by Crippen LogP contribution is -2.50. The summed E-state index contributed by atoms with van der Waals surface area (Å²) in [7, 11) is 3.37. The summed E-state index contributed by atoms with van der Waals surface area (Å²) in [6.07, 6.45) is 1.57. The number of aromatic nitrogens is 1. The van der Waals surface area contributed by atoms with Crippen molar-refractivity contribution in [2.45, 2.75) is 32.4 Å². The predicted molar refractivity (Wildman–Crippen MR) is 145 cm³/mol. The Morgan fingerprint density at radius 1 is 1.18 bits per heavy atom. The van der Waals surface area contributed by atoms with E-state index in [0.29, 0.717) is 25.1 Å². The van der Waals surface area contributed by atoms with Gasteiger partial charge in [0.25, 0.3) is 5.91 Å². The average molecular weight is 518 g/mol. The molecule has 0 bridgehead atoms. The summed E-state index contributed by atoms with van der Waals surface area (Å²) in [6.45, 7) is 4.35. The van der Waals surface area contributed by atoms with Crippen molar-refractivity contribution in [3.05, 3.63) is 78.0 Å². The number of hydrogen-bond donors (Lipinski definition) is 1. The van der Waals surface area contributed by atoms with Crippen LogP contribution in [0.2, 0.25) is 0 Å². The number of carbonyl (C=O) groups is 2. The summed E-state index contributed by atoms with van der Waals surface area (Å²) in [5, 5.41) is 9.90. The summed E-state index contributed by atoms with van der Waals surface area (Å²) in [5.74, 6) is 0.578. The number of fused-ring (bicyclic) bond motifs is 1. The van der Waals surface area contributed by atoms with E-state index < -0.39 is 12.1 Å². The maximum absolute atomic E-state index is 13.7. The van der Waals surface area contributed by atoms with Gasteiger partial charge in [-0.15, -0.1) is 0 Å². The van der Waals surface area contributed by atoms with Gasteiger partial charge in [0.2, 0.25) is 11.8 Å². The number of aliphatic hydroxyl groups is 1. The number of nitrogens with zero attached hydrogens (tertiary/aromatic N) is 3. The van der Waals surface area contributed by atoms with Gasteiger partial charge in [-0.3, -0.25) is 9.59 Å². The third-order valence-corrected chi connectivity index (χ3v) is 7.02. The molecule has 38 heavy (non-hydrogen) atoms. The van der Waals surface area contributed by atoms with Gasteiger partial charge in [-0.25, -0.2) is 4.98 Å². The summed E-state index contributed by atoms with van der Waals surface area (Å²) >= 11 is 0. The first-order valence-electron chi connectivity index (χ1n) is 12.8. The average Bonchev–Trinajstić information content (AvgIpc) is 2.94. The van der Waals surface area contributed by atoms with Crippen molar-refractivity contribution in [2.24, 2.45) is 5.92 Å². The number of benzene rings is 2. The monoisotopic (exact) mass is 517 g/mol. The fourth-order valence-corrected chi connectivity index (χ4v) is 4.54. The van der Waals surface area contributed by atoms with E-state index in [4.69, 9.17) is 9.47 Å². The largest absolute Gasteiger partial charge is 0.497 e. The zero-order valence-electron chi connectivity index (χ0n) is 22.3. The molecule has 3 aromatic rings. The summed E-state index contributed by atoms with van der Waals surface area (Å²) in [5.41, 5.74) is 2.92. The Balaban J connectivity index is 1.63. The van der Waals surface area contributed by atoms with Gasteiger partial charge in [-0.2, -0.15) is 0 Å². The van der Waals surface area contributed by atoms with Gasteiger partial charge in [0.05, 0.1) is 32.7 Å². The smallest absolute Gasteiger partial charge is 0.259 e. The van der Waals surface area contributed by atoms with Gasteiger partial charge in [-0.1, -0.05) is 49.4 Å². The van der Waals surface area contributed by atoms with Crippen LogP contribution in [0.25, 0.3) is 11.1 Å². The highest BCUT2D eigenvalue weighted by molar-refractivity contribution is 5.98.